The van der Waals surface area contributed by atoms with Crippen molar-refractivity contribution in [3.63, 3.8) is 0 Å². The molecule has 2 aliphatic rings. The fraction of sp³-hybridized carbons (Fsp3) is 0.421. The third-order valence-corrected chi connectivity index (χ3v) is 5.91. The lowest BCUT2D eigenvalue weighted by Gasteiger charge is -2.23. The summed E-state index contributed by atoms with van der Waals surface area (Å²) >= 11 is 1.66. The van der Waals surface area contributed by atoms with E-state index in [1.165, 1.54) is 4.88 Å². The van der Waals surface area contributed by atoms with Crippen molar-refractivity contribution in [2.45, 2.75) is 32.0 Å². The van der Waals surface area contributed by atoms with Gasteiger partial charge in [-0.3, -0.25) is 4.79 Å². The second kappa shape index (κ2) is 6.90. The van der Waals surface area contributed by atoms with Gasteiger partial charge in [-0.15, -0.1) is 11.3 Å². The van der Waals surface area contributed by atoms with Crippen LogP contribution in [0.4, 0.5) is 0 Å². The fourth-order valence-corrected chi connectivity index (χ4v) is 4.40. The summed E-state index contributed by atoms with van der Waals surface area (Å²) in [6, 6.07) is 7.43. The van der Waals surface area contributed by atoms with Crippen molar-refractivity contribution >= 4 is 17.2 Å². The molecule has 1 aromatic carbocycles. The third kappa shape index (κ3) is 3.30. The smallest absolute Gasteiger partial charge is 0.240 e. The number of β-amino-alcohol motifs (C(OH)–C–C–N with tert-alkyl or cyclic N) is 1. The lowest BCUT2D eigenvalue weighted by atomic mass is 10.1. The maximum Gasteiger partial charge on any atom is 0.240 e. The first kappa shape index (κ1) is 17.3. The number of phenolic OH excluding ortho intramolecular Hbond substituents is 1. The van der Waals surface area contributed by atoms with E-state index in [-0.39, 0.29) is 17.7 Å². The molecule has 26 heavy (non-hydrogen) atoms. The van der Waals surface area contributed by atoms with Crippen LogP contribution in [0.5, 0.6) is 11.5 Å². The number of amides is 1. The monoisotopic (exact) mass is 374 g/mol. The highest BCUT2D eigenvalue weighted by Crippen LogP contribution is 2.39. The molecule has 1 amide bonds. The van der Waals surface area contributed by atoms with Crippen molar-refractivity contribution in [1.82, 2.24) is 10.2 Å². The molecule has 1 saturated heterocycles. The van der Waals surface area contributed by atoms with Gasteiger partial charge in [-0.2, -0.15) is 0 Å². The van der Waals surface area contributed by atoms with E-state index in [4.69, 9.17) is 4.74 Å². The average molecular weight is 374 g/mol. The van der Waals surface area contributed by atoms with Gasteiger partial charge in [-0.25, -0.2) is 0 Å². The van der Waals surface area contributed by atoms with Gasteiger partial charge in [0.1, 0.15) is 6.61 Å². The quantitative estimate of drug-likeness (QED) is 0.748. The van der Waals surface area contributed by atoms with Crippen molar-refractivity contribution in [2.75, 3.05) is 19.7 Å². The first-order valence-electron chi connectivity index (χ1n) is 8.77. The SMILES string of the molecule is Cc1ccc(-c2cc(O)c3c(c2)CN(C(=O)[C@@H]2C[C@@H](O)CN2)CCO3)s1. The minimum absolute atomic E-state index is 0.0325. The fourth-order valence-electron chi connectivity index (χ4n) is 3.54. The third-order valence-electron chi connectivity index (χ3n) is 4.86. The van der Waals surface area contributed by atoms with Crippen LogP contribution in [-0.2, 0) is 11.3 Å². The molecule has 1 fully saturated rings. The Morgan fingerprint density at radius 1 is 1.38 bits per heavy atom. The van der Waals surface area contributed by atoms with Crippen molar-refractivity contribution in [1.29, 1.82) is 0 Å². The van der Waals surface area contributed by atoms with E-state index in [1.54, 1.807) is 22.3 Å². The molecular formula is C19H22N2O4S. The minimum Gasteiger partial charge on any atom is -0.504 e. The Bertz CT molecular complexity index is 835. The van der Waals surface area contributed by atoms with E-state index < -0.39 is 6.10 Å². The number of carbonyl (C=O) groups is 1. The molecule has 2 atom stereocenters. The molecule has 0 saturated carbocycles. The number of phenols is 1. The highest BCUT2D eigenvalue weighted by Gasteiger charge is 2.33. The predicted octanol–water partition coefficient (Wildman–Crippen LogP) is 1.87. The summed E-state index contributed by atoms with van der Waals surface area (Å²) in [5, 5.41) is 23.2. The number of aliphatic hydroxyl groups is 1. The van der Waals surface area contributed by atoms with Crippen LogP contribution in [0.25, 0.3) is 10.4 Å². The number of nitrogens with zero attached hydrogens (tertiary/aromatic N) is 1. The molecule has 3 N–H and O–H groups in total. The molecule has 6 nitrogen and oxygen atoms in total. The van der Waals surface area contributed by atoms with Gasteiger partial charge < -0.3 is 25.2 Å². The summed E-state index contributed by atoms with van der Waals surface area (Å²) < 4.78 is 5.73. The van der Waals surface area contributed by atoms with Gasteiger partial charge in [0.25, 0.3) is 0 Å². The highest BCUT2D eigenvalue weighted by atomic mass is 32.1. The summed E-state index contributed by atoms with van der Waals surface area (Å²) in [5.74, 6) is 0.527. The summed E-state index contributed by atoms with van der Waals surface area (Å²) in [4.78, 5) is 16.8. The maximum absolute atomic E-state index is 12.8. The Kier molecular flexibility index (Phi) is 4.60. The summed E-state index contributed by atoms with van der Waals surface area (Å²) in [5.41, 5.74) is 1.72. The number of aryl methyl sites for hydroxylation is 1. The number of rotatable bonds is 2. The van der Waals surface area contributed by atoms with Gasteiger partial charge in [0.05, 0.1) is 18.7 Å². The molecule has 0 bridgehead atoms. The average Bonchev–Trinajstić information content (AvgIpc) is 3.17. The summed E-state index contributed by atoms with van der Waals surface area (Å²) in [6.07, 6.45) is -0.0415. The summed E-state index contributed by atoms with van der Waals surface area (Å²) in [6.45, 7) is 3.66. The molecule has 3 heterocycles. The number of thiophene rings is 1. The Balaban J connectivity index is 1.62. The summed E-state index contributed by atoms with van der Waals surface area (Å²) in [7, 11) is 0. The van der Waals surface area contributed by atoms with Crippen molar-refractivity contribution in [3.05, 3.63) is 34.7 Å². The Labute approximate surface area is 156 Å². The first-order valence-corrected chi connectivity index (χ1v) is 9.58. The Morgan fingerprint density at radius 2 is 2.23 bits per heavy atom. The van der Waals surface area contributed by atoms with Crippen LogP contribution in [0.3, 0.4) is 0 Å². The minimum atomic E-state index is -0.475. The van der Waals surface area contributed by atoms with E-state index in [1.807, 2.05) is 25.1 Å². The Hall–Kier alpha value is -2.09. The van der Waals surface area contributed by atoms with E-state index in [2.05, 4.69) is 5.32 Å². The molecule has 7 heteroatoms. The molecule has 2 aromatic rings. The second-order valence-corrected chi connectivity index (χ2v) is 8.14. The van der Waals surface area contributed by atoms with E-state index in [0.717, 1.165) is 16.0 Å². The molecule has 4 rings (SSSR count). The molecular weight excluding hydrogens is 352 g/mol. The number of aromatic hydroxyl groups is 1. The Morgan fingerprint density at radius 3 is 2.92 bits per heavy atom. The molecule has 1 aromatic heterocycles. The van der Waals surface area contributed by atoms with Crippen molar-refractivity contribution in [3.8, 4) is 21.9 Å². The zero-order chi connectivity index (χ0) is 18.3. The van der Waals surface area contributed by atoms with E-state index >= 15 is 0 Å². The molecule has 0 spiro atoms. The number of nitrogens with one attached hydrogen (secondary N) is 1. The number of carbonyl (C=O) groups excluding carboxylic acids is 1. The standard InChI is InChI=1S/C19H22N2O4S/c1-11-2-3-17(26-11)12-6-13-10-21(4-5-25-18(13)16(23)7-12)19(24)15-8-14(22)9-20-15/h2-3,6-7,14-15,20,22-23H,4-5,8-10H2,1H3/t14-,15+/m1/s1. The van der Waals surface area contributed by atoms with Crippen LogP contribution in [0.15, 0.2) is 24.3 Å². The van der Waals surface area contributed by atoms with Gasteiger partial charge in [-0.1, -0.05) is 0 Å². The number of ether oxygens (including phenoxy) is 1. The largest absolute Gasteiger partial charge is 0.504 e. The van der Waals surface area contributed by atoms with Gasteiger partial charge >= 0.3 is 0 Å². The number of benzene rings is 1. The van der Waals surface area contributed by atoms with Crippen LogP contribution >= 0.6 is 11.3 Å². The normalized spacial score (nSPS) is 22.6. The zero-order valence-electron chi connectivity index (χ0n) is 14.6. The van der Waals surface area contributed by atoms with Gasteiger partial charge in [0.2, 0.25) is 5.91 Å². The van der Waals surface area contributed by atoms with Crippen molar-refractivity contribution < 1.29 is 19.7 Å². The van der Waals surface area contributed by atoms with Gasteiger partial charge in [0, 0.05) is 28.4 Å². The van der Waals surface area contributed by atoms with Gasteiger partial charge in [0.15, 0.2) is 11.5 Å². The number of hydrogen-bond donors (Lipinski definition) is 3. The molecule has 0 unspecified atom stereocenters. The highest BCUT2D eigenvalue weighted by molar-refractivity contribution is 7.15. The lowest BCUT2D eigenvalue weighted by Crippen LogP contribution is -2.44. The molecule has 2 aliphatic heterocycles. The van der Waals surface area contributed by atoms with Crippen LogP contribution in [0.1, 0.15) is 16.9 Å². The van der Waals surface area contributed by atoms with Crippen LogP contribution in [0, 0.1) is 6.92 Å². The van der Waals surface area contributed by atoms with Gasteiger partial charge in [-0.05, 0) is 43.2 Å². The molecule has 138 valence electrons. The van der Waals surface area contributed by atoms with Crippen molar-refractivity contribution in [2.24, 2.45) is 0 Å². The van der Waals surface area contributed by atoms with Crippen LogP contribution in [0.2, 0.25) is 0 Å². The molecule has 0 aliphatic carbocycles. The second-order valence-electron chi connectivity index (χ2n) is 6.85. The van der Waals surface area contributed by atoms with E-state index in [0.29, 0.717) is 38.4 Å². The zero-order valence-corrected chi connectivity index (χ0v) is 15.4. The number of aliphatic hydroxyl groups excluding tert-OH is 1. The number of fused-ring (bicyclic) bond motifs is 1. The lowest BCUT2D eigenvalue weighted by molar-refractivity contribution is -0.134. The molecule has 0 radical (unpaired) electrons. The topological polar surface area (TPSA) is 82.0 Å². The maximum atomic E-state index is 12.8. The van der Waals surface area contributed by atoms with E-state index in [9.17, 15) is 15.0 Å². The first-order chi connectivity index (χ1) is 12.5. The van der Waals surface area contributed by atoms with Crippen LogP contribution < -0.4 is 10.1 Å². The number of hydrogen-bond acceptors (Lipinski definition) is 6. The van der Waals surface area contributed by atoms with Crippen LogP contribution in [-0.4, -0.2) is 52.9 Å². The predicted molar refractivity (Wildman–Crippen MR) is 99.5 cm³/mol.